The summed E-state index contributed by atoms with van der Waals surface area (Å²) in [5.41, 5.74) is 5.60. The van der Waals surface area contributed by atoms with Gasteiger partial charge in [0.15, 0.2) is 0 Å². The van der Waals surface area contributed by atoms with E-state index in [2.05, 4.69) is 17.2 Å². The molecule has 1 fully saturated rings. The third-order valence-corrected chi connectivity index (χ3v) is 3.68. The van der Waals surface area contributed by atoms with Crippen molar-refractivity contribution in [3.8, 4) is 0 Å². The van der Waals surface area contributed by atoms with Gasteiger partial charge in [-0.25, -0.2) is 4.98 Å². The van der Waals surface area contributed by atoms with Crippen molar-refractivity contribution < 1.29 is 0 Å². The number of anilines is 2. The van der Waals surface area contributed by atoms with Crippen LogP contribution in [0.15, 0.2) is 18.2 Å². The second-order valence-corrected chi connectivity index (χ2v) is 5.14. The number of hydrogen-bond donors (Lipinski definition) is 2. The Hall–Kier alpha value is -0.900. The molecule has 3 N–H and O–H groups in total. The second-order valence-electron chi connectivity index (χ2n) is 3.67. The van der Waals surface area contributed by atoms with Gasteiger partial charge in [-0.2, -0.15) is 11.8 Å². The predicted molar refractivity (Wildman–Crippen MR) is 62.6 cm³/mol. The molecule has 76 valence electrons. The first kappa shape index (κ1) is 9.65. The van der Waals surface area contributed by atoms with E-state index in [1.165, 1.54) is 6.42 Å². The lowest BCUT2D eigenvalue weighted by atomic mass is 10.2. The van der Waals surface area contributed by atoms with Crippen LogP contribution < -0.4 is 11.1 Å². The number of nitrogens with zero attached hydrogens (tertiary/aromatic N) is 1. The van der Waals surface area contributed by atoms with Crippen LogP contribution in [0.2, 0.25) is 0 Å². The number of hydrogen-bond acceptors (Lipinski definition) is 4. The third-order valence-electron chi connectivity index (χ3n) is 2.32. The molecule has 0 saturated carbocycles. The standard InChI is InChI=1S/C10H15N3S/c1-7-5-8(6-14-7)12-10-4-2-3-9(11)13-10/h2-4,7-8H,5-6H2,1H3,(H3,11,12,13). The number of aromatic nitrogens is 1. The summed E-state index contributed by atoms with van der Waals surface area (Å²) in [5.74, 6) is 2.64. The van der Waals surface area contributed by atoms with Crippen molar-refractivity contribution in [3.05, 3.63) is 18.2 Å². The molecule has 0 amide bonds. The Labute approximate surface area is 88.5 Å². The van der Waals surface area contributed by atoms with Crippen molar-refractivity contribution in [2.24, 2.45) is 0 Å². The third kappa shape index (κ3) is 2.32. The van der Waals surface area contributed by atoms with Crippen molar-refractivity contribution in [3.63, 3.8) is 0 Å². The molecule has 1 aromatic heterocycles. The largest absolute Gasteiger partial charge is 0.384 e. The Morgan fingerprint density at radius 2 is 2.43 bits per heavy atom. The summed E-state index contributed by atoms with van der Waals surface area (Å²) in [5, 5.41) is 4.16. The fourth-order valence-corrected chi connectivity index (χ4v) is 2.81. The maximum Gasteiger partial charge on any atom is 0.128 e. The summed E-state index contributed by atoms with van der Waals surface area (Å²) in [7, 11) is 0. The predicted octanol–water partition coefficient (Wildman–Crippen LogP) is 1.97. The maximum atomic E-state index is 5.60. The van der Waals surface area contributed by atoms with Crippen LogP contribution in [0.25, 0.3) is 0 Å². The van der Waals surface area contributed by atoms with Crippen LogP contribution in [-0.4, -0.2) is 22.0 Å². The second kappa shape index (κ2) is 4.09. The minimum Gasteiger partial charge on any atom is -0.384 e. The highest BCUT2D eigenvalue weighted by Gasteiger charge is 2.21. The first-order valence-electron chi connectivity index (χ1n) is 4.85. The molecule has 1 aliphatic heterocycles. The summed E-state index contributed by atoms with van der Waals surface area (Å²) >= 11 is 2.01. The first-order valence-corrected chi connectivity index (χ1v) is 5.89. The molecule has 2 atom stereocenters. The number of nitrogens with one attached hydrogen (secondary N) is 1. The zero-order valence-corrected chi connectivity index (χ0v) is 9.05. The van der Waals surface area contributed by atoms with Crippen LogP contribution >= 0.6 is 11.8 Å². The van der Waals surface area contributed by atoms with E-state index in [4.69, 9.17) is 5.73 Å². The number of nitrogens with two attached hydrogens (primary N) is 1. The minimum absolute atomic E-state index is 0.546. The molecule has 1 aromatic rings. The van der Waals surface area contributed by atoms with Gasteiger partial charge in [0, 0.05) is 17.0 Å². The molecule has 1 saturated heterocycles. The average Bonchev–Trinajstić information content (AvgIpc) is 2.51. The van der Waals surface area contributed by atoms with Crippen molar-refractivity contribution in [1.82, 2.24) is 4.98 Å². The van der Waals surface area contributed by atoms with Crippen LogP contribution in [0.1, 0.15) is 13.3 Å². The lowest BCUT2D eigenvalue weighted by Crippen LogP contribution is -2.19. The van der Waals surface area contributed by atoms with E-state index in [0.717, 1.165) is 16.8 Å². The van der Waals surface area contributed by atoms with Crippen LogP contribution in [-0.2, 0) is 0 Å². The van der Waals surface area contributed by atoms with Gasteiger partial charge < -0.3 is 11.1 Å². The molecule has 0 spiro atoms. The van der Waals surface area contributed by atoms with Gasteiger partial charge in [0.05, 0.1) is 0 Å². The van der Waals surface area contributed by atoms with Gasteiger partial charge in [-0.1, -0.05) is 13.0 Å². The fraction of sp³-hybridized carbons (Fsp3) is 0.500. The van der Waals surface area contributed by atoms with E-state index in [-0.39, 0.29) is 0 Å². The minimum atomic E-state index is 0.546. The Morgan fingerprint density at radius 3 is 3.07 bits per heavy atom. The Kier molecular flexibility index (Phi) is 2.82. The summed E-state index contributed by atoms with van der Waals surface area (Å²) in [6.07, 6.45) is 1.21. The van der Waals surface area contributed by atoms with Crippen molar-refractivity contribution in [2.45, 2.75) is 24.6 Å². The van der Waals surface area contributed by atoms with E-state index in [1.54, 1.807) is 6.07 Å². The van der Waals surface area contributed by atoms with Gasteiger partial charge in [0.2, 0.25) is 0 Å². The van der Waals surface area contributed by atoms with E-state index < -0.39 is 0 Å². The molecule has 0 aliphatic carbocycles. The lowest BCUT2D eigenvalue weighted by Gasteiger charge is -2.12. The van der Waals surface area contributed by atoms with Gasteiger partial charge >= 0.3 is 0 Å². The topological polar surface area (TPSA) is 50.9 Å². The Bertz CT molecular complexity index is 316. The van der Waals surface area contributed by atoms with Crippen LogP contribution in [0.4, 0.5) is 11.6 Å². The maximum absolute atomic E-state index is 5.60. The van der Waals surface area contributed by atoms with Gasteiger partial charge in [-0.3, -0.25) is 0 Å². The SMILES string of the molecule is CC1CC(Nc2cccc(N)n2)CS1. The normalized spacial score (nSPS) is 26.4. The van der Waals surface area contributed by atoms with Crippen LogP contribution in [0.5, 0.6) is 0 Å². The Morgan fingerprint density at radius 1 is 1.57 bits per heavy atom. The molecule has 2 heterocycles. The van der Waals surface area contributed by atoms with E-state index >= 15 is 0 Å². The van der Waals surface area contributed by atoms with Crippen molar-refractivity contribution in [2.75, 3.05) is 16.8 Å². The zero-order valence-electron chi connectivity index (χ0n) is 8.23. The average molecular weight is 209 g/mol. The highest BCUT2D eigenvalue weighted by atomic mass is 32.2. The van der Waals surface area contributed by atoms with Gasteiger partial charge in [-0.05, 0) is 18.6 Å². The van der Waals surface area contributed by atoms with E-state index in [0.29, 0.717) is 11.9 Å². The van der Waals surface area contributed by atoms with Gasteiger partial charge in [-0.15, -0.1) is 0 Å². The monoisotopic (exact) mass is 209 g/mol. The van der Waals surface area contributed by atoms with E-state index in [9.17, 15) is 0 Å². The van der Waals surface area contributed by atoms with Crippen molar-refractivity contribution >= 4 is 23.4 Å². The molecule has 0 radical (unpaired) electrons. The molecular weight excluding hydrogens is 194 g/mol. The molecule has 4 heteroatoms. The number of rotatable bonds is 2. The van der Waals surface area contributed by atoms with Crippen molar-refractivity contribution in [1.29, 1.82) is 0 Å². The molecular formula is C10H15N3S. The molecule has 1 aliphatic rings. The number of thioether (sulfide) groups is 1. The van der Waals surface area contributed by atoms with E-state index in [1.807, 2.05) is 23.9 Å². The lowest BCUT2D eigenvalue weighted by molar-refractivity contribution is 0.743. The van der Waals surface area contributed by atoms with Crippen LogP contribution in [0, 0.1) is 0 Å². The summed E-state index contributed by atoms with van der Waals surface area (Å²) in [4.78, 5) is 4.22. The van der Waals surface area contributed by atoms with Crippen LogP contribution in [0.3, 0.4) is 0 Å². The molecule has 0 aromatic carbocycles. The quantitative estimate of drug-likeness (QED) is 0.782. The molecule has 0 bridgehead atoms. The number of pyridine rings is 1. The highest BCUT2D eigenvalue weighted by Crippen LogP contribution is 2.27. The summed E-state index contributed by atoms with van der Waals surface area (Å²) in [6, 6.07) is 6.24. The fourth-order valence-electron chi connectivity index (χ4n) is 1.66. The van der Waals surface area contributed by atoms with Gasteiger partial charge in [0.25, 0.3) is 0 Å². The highest BCUT2D eigenvalue weighted by molar-refractivity contribution is 8.00. The number of nitrogen functional groups attached to an aromatic ring is 1. The zero-order chi connectivity index (χ0) is 9.97. The summed E-state index contributed by atoms with van der Waals surface area (Å²) < 4.78 is 0. The molecule has 14 heavy (non-hydrogen) atoms. The van der Waals surface area contributed by atoms with Gasteiger partial charge in [0.1, 0.15) is 11.6 Å². The first-order chi connectivity index (χ1) is 6.74. The summed E-state index contributed by atoms with van der Waals surface area (Å²) in [6.45, 7) is 2.26. The molecule has 2 rings (SSSR count). The molecule has 3 nitrogen and oxygen atoms in total. The molecule has 2 unspecified atom stereocenters. The smallest absolute Gasteiger partial charge is 0.128 e. The Balaban J connectivity index is 1.97.